The van der Waals surface area contributed by atoms with Crippen LogP contribution in [0.25, 0.3) is 10.6 Å². The van der Waals surface area contributed by atoms with Crippen molar-refractivity contribution < 1.29 is 5.11 Å². The first-order valence-electron chi connectivity index (χ1n) is 3.86. The summed E-state index contributed by atoms with van der Waals surface area (Å²) in [4.78, 5) is 4.19. The molecule has 66 valence electrons. The Labute approximate surface area is 79.9 Å². The minimum atomic E-state index is 0.249. The van der Waals surface area contributed by atoms with Crippen molar-refractivity contribution in [1.29, 1.82) is 0 Å². The number of aromatic hydroxyl groups is 1. The van der Waals surface area contributed by atoms with E-state index in [0.29, 0.717) is 0 Å². The fourth-order valence-electron chi connectivity index (χ4n) is 1.06. The highest BCUT2D eigenvalue weighted by atomic mass is 32.1. The summed E-state index contributed by atoms with van der Waals surface area (Å²) in [6.07, 6.45) is 0. The van der Waals surface area contributed by atoms with Crippen molar-refractivity contribution >= 4 is 11.5 Å². The van der Waals surface area contributed by atoms with Gasteiger partial charge in [-0.2, -0.15) is 4.37 Å². The minimum Gasteiger partial charge on any atom is -0.507 e. The molecule has 2 aromatic rings. The fourth-order valence-corrected chi connectivity index (χ4v) is 1.76. The van der Waals surface area contributed by atoms with Gasteiger partial charge in [0.2, 0.25) is 0 Å². The lowest BCUT2D eigenvalue weighted by molar-refractivity contribution is 0.477. The maximum Gasteiger partial charge on any atom is 0.147 e. The molecule has 0 aliphatic rings. The van der Waals surface area contributed by atoms with Gasteiger partial charge in [0.15, 0.2) is 0 Å². The van der Waals surface area contributed by atoms with E-state index in [-0.39, 0.29) is 5.75 Å². The van der Waals surface area contributed by atoms with E-state index in [1.165, 1.54) is 11.5 Å². The maximum atomic E-state index is 9.51. The average Bonchev–Trinajstić information content (AvgIpc) is 2.53. The third-order valence-corrected chi connectivity index (χ3v) is 2.50. The lowest BCUT2D eigenvalue weighted by atomic mass is 10.2. The van der Waals surface area contributed by atoms with Gasteiger partial charge in [0, 0.05) is 0 Å². The van der Waals surface area contributed by atoms with Gasteiger partial charge in [-0.15, -0.1) is 0 Å². The van der Waals surface area contributed by atoms with Crippen LogP contribution in [0.5, 0.6) is 5.75 Å². The number of para-hydroxylation sites is 1. The van der Waals surface area contributed by atoms with Crippen molar-refractivity contribution in [3.05, 3.63) is 30.1 Å². The number of phenolic OH excluding ortho intramolecular Hbond substituents is 1. The van der Waals surface area contributed by atoms with Crippen LogP contribution in [0.2, 0.25) is 0 Å². The van der Waals surface area contributed by atoms with Crippen LogP contribution in [-0.2, 0) is 0 Å². The van der Waals surface area contributed by atoms with E-state index >= 15 is 0 Å². The molecular weight excluding hydrogens is 184 g/mol. The van der Waals surface area contributed by atoms with Crippen LogP contribution in [0, 0.1) is 6.92 Å². The molecule has 0 fully saturated rings. The molecular formula is C9H8N2OS. The molecule has 0 spiro atoms. The van der Waals surface area contributed by atoms with Crippen LogP contribution in [0.15, 0.2) is 24.3 Å². The Bertz CT molecular complexity index is 425. The van der Waals surface area contributed by atoms with Gasteiger partial charge in [-0.25, -0.2) is 4.98 Å². The van der Waals surface area contributed by atoms with Gasteiger partial charge < -0.3 is 5.11 Å². The van der Waals surface area contributed by atoms with E-state index in [0.717, 1.165) is 16.4 Å². The van der Waals surface area contributed by atoms with Crippen LogP contribution in [0.1, 0.15) is 5.82 Å². The van der Waals surface area contributed by atoms with Gasteiger partial charge >= 0.3 is 0 Å². The van der Waals surface area contributed by atoms with Crippen LogP contribution in [0.4, 0.5) is 0 Å². The second-order valence-electron chi connectivity index (χ2n) is 2.66. The van der Waals surface area contributed by atoms with Crippen LogP contribution < -0.4 is 0 Å². The molecule has 0 radical (unpaired) electrons. The number of nitrogens with zero attached hydrogens (tertiary/aromatic N) is 2. The molecule has 4 heteroatoms. The van der Waals surface area contributed by atoms with Crippen molar-refractivity contribution in [2.75, 3.05) is 0 Å². The Morgan fingerprint density at radius 1 is 1.31 bits per heavy atom. The van der Waals surface area contributed by atoms with Crippen molar-refractivity contribution in [1.82, 2.24) is 9.36 Å². The van der Waals surface area contributed by atoms with E-state index < -0.39 is 0 Å². The monoisotopic (exact) mass is 192 g/mol. The molecule has 0 saturated heterocycles. The molecule has 0 aliphatic carbocycles. The van der Waals surface area contributed by atoms with Crippen molar-refractivity contribution in [3.63, 3.8) is 0 Å². The molecule has 1 heterocycles. The highest BCUT2D eigenvalue weighted by Gasteiger charge is 2.07. The summed E-state index contributed by atoms with van der Waals surface area (Å²) in [7, 11) is 0. The van der Waals surface area contributed by atoms with Crippen molar-refractivity contribution in [2.24, 2.45) is 0 Å². The highest BCUT2D eigenvalue weighted by Crippen LogP contribution is 2.29. The SMILES string of the molecule is Cc1nsc(-c2ccccc2O)n1. The van der Waals surface area contributed by atoms with Gasteiger partial charge in [-0.3, -0.25) is 0 Å². The van der Waals surface area contributed by atoms with E-state index in [4.69, 9.17) is 0 Å². The van der Waals surface area contributed by atoms with Gasteiger partial charge in [0.25, 0.3) is 0 Å². The highest BCUT2D eigenvalue weighted by molar-refractivity contribution is 7.09. The van der Waals surface area contributed by atoms with Gasteiger partial charge in [-0.05, 0) is 30.6 Å². The number of rotatable bonds is 1. The second-order valence-corrected chi connectivity index (χ2v) is 3.42. The zero-order valence-electron chi connectivity index (χ0n) is 7.06. The first kappa shape index (κ1) is 8.19. The Hall–Kier alpha value is -1.42. The maximum absolute atomic E-state index is 9.51. The number of benzene rings is 1. The number of hydrogen-bond donors (Lipinski definition) is 1. The lowest BCUT2D eigenvalue weighted by Gasteiger charge is -1.97. The standard InChI is InChI=1S/C9H8N2OS/c1-6-10-9(13-11-6)7-4-2-3-5-8(7)12/h2-5,12H,1H3. The summed E-state index contributed by atoms with van der Waals surface area (Å²) in [5, 5.41) is 10.3. The lowest BCUT2D eigenvalue weighted by Crippen LogP contribution is -1.77. The third-order valence-electron chi connectivity index (χ3n) is 1.66. The first-order chi connectivity index (χ1) is 6.27. The van der Waals surface area contributed by atoms with Crippen molar-refractivity contribution in [2.45, 2.75) is 6.92 Å². The molecule has 13 heavy (non-hydrogen) atoms. The predicted molar refractivity (Wildman–Crippen MR) is 51.7 cm³/mol. The smallest absolute Gasteiger partial charge is 0.147 e. The molecule has 1 N–H and O–H groups in total. The molecule has 0 bridgehead atoms. The summed E-state index contributed by atoms with van der Waals surface area (Å²) in [6.45, 7) is 1.83. The summed E-state index contributed by atoms with van der Waals surface area (Å²) in [5.74, 6) is 0.988. The summed E-state index contributed by atoms with van der Waals surface area (Å²) in [5.41, 5.74) is 0.744. The molecule has 1 aromatic heterocycles. The molecule has 2 rings (SSSR count). The van der Waals surface area contributed by atoms with E-state index in [1.807, 2.05) is 19.1 Å². The van der Waals surface area contributed by atoms with E-state index in [2.05, 4.69) is 9.36 Å². The van der Waals surface area contributed by atoms with E-state index in [1.54, 1.807) is 12.1 Å². The van der Waals surface area contributed by atoms with Gasteiger partial charge in [0.05, 0.1) is 5.56 Å². The molecule has 0 aliphatic heterocycles. The van der Waals surface area contributed by atoms with Gasteiger partial charge in [-0.1, -0.05) is 12.1 Å². The summed E-state index contributed by atoms with van der Waals surface area (Å²) in [6, 6.07) is 7.12. The third kappa shape index (κ3) is 1.53. The second kappa shape index (κ2) is 3.14. The minimum absolute atomic E-state index is 0.249. The summed E-state index contributed by atoms with van der Waals surface area (Å²) < 4.78 is 4.05. The van der Waals surface area contributed by atoms with Crippen LogP contribution in [-0.4, -0.2) is 14.5 Å². The summed E-state index contributed by atoms with van der Waals surface area (Å²) >= 11 is 1.30. The molecule has 3 nitrogen and oxygen atoms in total. The Morgan fingerprint density at radius 2 is 2.08 bits per heavy atom. The first-order valence-corrected chi connectivity index (χ1v) is 4.63. The number of phenols is 1. The predicted octanol–water partition coefficient (Wildman–Crippen LogP) is 2.22. The quantitative estimate of drug-likeness (QED) is 0.753. The van der Waals surface area contributed by atoms with Gasteiger partial charge in [0.1, 0.15) is 16.6 Å². The average molecular weight is 192 g/mol. The molecule has 0 unspecified atom stereocenters. The number of aromatic nitrogens is 2. The molecule has 0 amide bonds. The fraction of sp³-hybridized carbons (Fsp3) is 0.111. The zero-order valence-corrected chi connectivity index (χ0v) is 7.88. The Balaban J connectivity index is 2.52. The van der Waals surface area contributed by atoms with Crippen molar-refractivity contribution in [3.8, 4) is 16.3 Å². The largest absolute Gasteiger partial charge is 0.507 e. The zero-order chi connectivity index (χ0) is 9.26. The molecule has 0 atom stereocenters. The van der Waals surface area contributed by atoms with Crippen LogP contribution in [0.3, 0.4) is 0 Å². The molecule has 1 aromatic carbocycles. The molecule has 0 saturated carbocycles. The van der Waals surface area contributed by atoms with E-state index in [9.17, 15) is 5.11 Å². The van der Waals surface area contributed by atoms with Crippen LogP contribution >= 0.6 is 11.5 Å². The number of hydrogen-bond acceptors (Lipinski definition) is 4. The normalized spacial score (nSPS) is 10.2. The Morgan fingerprint density at radius 3 is 2.69 bits per heavy atom. The Kier molecular flexibility index (Phi) is 1.98. The topological polar surface area (TPSA) is 46.0 Å². The number of aryl methyl sites for hydroxylation is 1.